The molecule has 3 heteroatoms. The summed E-state index contributed by atoms with van der Waals surface area (Å²) in [7, 11) is 0. The first-order valence-electron chi connectivity index (χ1n) is 7.76. The van der Waals surface area contributed by atoms with Gasteiger partial charge in [0.25, 0.3) is 0 Å². The molecule has 2 rings (SSSR count). The fourth-order valence-corrected chi connectivity index (χ4v) is 2.67. The molecule has 1 heterocycles. The van der Waals surface area contributed by atoms with Crippen LogP contribution in [0.3, 0.4) is 0 Å². The number of nitrogens with zero attached hydrogens (tertiary/aromatic N) is 1. The van der Waals surface area contributed by atoms with Crippen LogP contribution in [0.1, 0.15) is 55.0 Å². The SMILES string of the molecule is CCc1ccc(C(NCc2c(C)noc2C)C(C)C)cc1. The minimum atomic E-state index is 0.338. The average molecular weight is 286 g/mol. The zero-order valence-electron chi connectivity index (χ0n) is 13.7. The predicted octanol–water partition coefficient (Wildman–Crippen LogP) is 4.34. The summed E-state index contributed by atoms with van der Waals surface area (Å²) in [6, 6.07) is 9.27. The quantitative estimate of drug-likeness (QED) is 0.858. The molecule has 0 bridgehead atoms. The van der Waals surface area contributed by atoms with Crippen LogP contribution in [-0.4, -0.2) is 5.16 Å². The van der Waals surface area contributed by atoms with Gasteiger partial charge in [0.05, 0.1) is 5.69 Å². The molecule has 0 radical (unpaired) electrons. The summed E-state index contributed by atoms with van der Waals surface area (Å²) in [5, 5.41) is 7.68. The van der Waals surface area contributed by atoms with E-state index in [9.17, 15) is 0 Å². The topological polar surface area (TPSA) is 38.1 Å². The van der Waals surface area contributed by atoms with Crippen molar-refractivity contribution in [2.24, 2.45) is 5.92 Å². The average Bonchev–Trinajstić information content (AvgIpc) is 2.79. The Bertz CT molecular complexity index is 550. The van der Waals surface area contributed by atoms with Crippen molar-refractivity contribution in [2.45, 2.75) is 53.6 Å². The largest absolute Gasteiger partial charge is 0.361 e. The van der Waals surface area contributed by atoms with Gasteiger partial charge in [0, 0.05) is 18.2 Å². The van der Waals surface area contributed by atoms with E-state index in [0.717, 1.165) is 24.4 Å². The Morgan fingerprint density at radius 1 is 1.14 bits per heavy atom. The first kappa shape index (κ1) is 15.8. The van der Waals surface area contributed by atoms with Gasteiger partial charge in [0.15, 0.2) is 0 Å². The fraction of sp³-hybridized carbons (Fsp3) is 0.500. The molecule has 1 aromatic carbocycles. The minimum Gasteiger partial charge on any atom is -0.361 e. The van der Waals surface area contributed by atoms with E-state index < -0.39 is 0 Å². The lowest BCUT2D eigenvalue weighted by atomic mass is 9.94. The van der Waals surface area contributed by atoms with Gasteiger partial charge in [-0.15, -0.1) is 0 Å². The first-order valence-corrected chi connectivity index (χ1v) is 7.76. The van der Waals surface area contributed by atoms with E-state index >= 15 is 0 Å². The van der Waals surface area contributed by atoms with Crippen LogP contribution in [0.15, 0.2) is 28.8 Å². The molecule has 0 spiro atoms. The molecule has 0 fully saturated rings. The van der Waals surface area contributed by atoms with Crippen molar-refractivity contribution in [1.29, 1.82) is 0 Å². The van der Waals surface area contributed by atoms with Crippen LogP contribution in [0, 0.1) is 19.8 Å². The lowest BCUT2D eigenvalue weighted by molar-refractivity contribution is 0.387. The van der Waals surface area contributed by atoms with Crippen molar-refractivity contribution < 1.29 is 4.52 Å². The smallest absolute Gasteiger partial charge is 0.138 e. The Morgan fingerprint density at radius 2 is 1.81 bits per heavy atom. The summed E-state index contributed by atoms with van der Waals surface area (Å²) in [6.07, 6.45) is 1.08. The van der Waals surface area contributed by atoms with Crippen LogP contribution in [-0.2, 0) is 13.0 Å². The predicted molar refractivity (Wildman–Crippen MR) is 86.2 cm³/mol. The molecule has 21 heavy (non-hydrogen) atoms. The van der Waals surface area contributed by atoms with Gasteiger partial charge in [-0.2, -0.15) is 0 Å². The van der Waals surface area contributed by atoms with Crippen molar-refractivity contribution >= 4 is 0 Å². The highest BCUT2D eigenvalue weighted by Crippen LogP contribution is 2.23. The second-order valence-corrected chi connectivity index (χ2v) is 6.00. The molecule has 0 saturated heterocycles. The number of rotatable bonds is 6. The zero-order valence-corrected chi connectivity index (χ0v) is 13.7. The number of aryl methyl sites for hydroxylation is 3. The van der Waals surface area contributed by atoms with Gasteiger partial charge in [0.1, 0.15) is 5.76 Å². The van der Waals surface area contributed by atoms with Gasteiger partial charge >= 0.3 is 0 Å². The lowest BCUT2D eigenvalue weighted by Gasteiger charge is -2.23. The molecule has 114 valence electrons. The summed E-state index contributed by atoms with van der Waals surface area (Å²) in [4.78, 5) is 0. The Morgan fingerprint density at radius 3 is 2.29 bits per heavy atom. The highest BCUT2D eigenvalue weighted by Gasteiger charge is 2.17. The Labute approximate surface area is 127 Å². The van der Waals surface area contributed by atoms with E-state index in [2.05, 4.69) is 55.5 Å². The van der Waals surface area contributed by atoms with E-state index in [1.165, 1.54) is 16.7 Å². The van der Waals surface area contributed by atoms with Gasteiger partial charge in [-0.1, -0.05) is 50.2 Å². The minimum absolute atomic E-state index is 0.338. The second-order valence-electron chi connectivity index (χ2n) is 6.00. The molecule has 3 nitrogen and oxygen atoms in total. The number of nitrogens with one attached hydrogen (secondary N) is 1. The van der Waals surface area contributed by atoms with Crippen LogP contribution in [0.2, 0.25) is 0 Å². The summed E-state index contributed by atoms with van der Waals surface area (Å²) >= 11 is 0. The first-order chi connectivity index (χ1) is 10.0. The third-order valence-corrected chi connectivity index (χ3v) is 4.09. The summed E-state index contributed by atoms with van der Waals surface area (Å²) in [5.74, 6) is 1.43. The molecule has 1 aromatic heterocycles. The lowest BCUT2D eigenvalue weighted by Crippen LogP contribution is -2.25. The Balaban J connectivity index is 2.12. The Kier molecular flexibility index (Phi) is 5.18. The van der Waals surface area contributed by atoms with Gasteiger partial charge < -0.3 is 9.84 Å². The van der Waals surface area contributed by atoms with Crippen molar-refractivity contribution in [1.82, 2.24) is 10.5 Å². The zero-order chi connectivity index (χ0) is 15.4. The summed E-state index contributed by atoms with van der Waals surface area (Å²) < 4.78 is 5.23. The molecule has 1 atom stereocenters. The van der Waals surface area contributed by atoms with E-state index in [0.29, 0.717) is 12.0 Å². The maximum Gasteiger partial charge on any atom is 0.138 e. The van der Waals surface area contributed by atoms with Gasteiger partial charge in [-0.25, -0.2) is 0 Å². The highest BCUT2D eigenvalue weighted by molar-refractivity contribution is 5.26. The van der Waals surface area contributed by atoms with Crippen molar-refractivity contribution in [3.8, 4) is 0 Å². The van der Waals surface area contributed by atoms with Crippen molar-refractivity contribution in [2.75, 3.05) is 0 Å². The molecule has 1 unspecified atom stereocenters. The summed E-state index contributed by atoms with van der Waals surface area (Å²) in [5.41, 5.74) is 4.87. The van der Waals surface area contributed by atoms with Gasteiger partial charge in [-0.05, 0) is 37.3 Å². The monoisotopic (exact) mass is 286 g/mol. The van der Waals surface area contributed by atoms with Crippen LogP contribution >= 0.6 is 0 Å². The number of hydrogen-bond acceptors (Lipinski definition) is 3. The van der Waals surface area contributed by atoms with Crippen molar-refractivity contribution in [3.63, 3.8) is 0 Å². The van der Waals surface area contributed by atoms with E-state index in [4.69, 9.17) is 4.52 Å². The Hall–Kier alpha value is -1.61. The normalized spacial score (nSPS) is 12.9. The molecular weight excluding hydrogens is 260 g/mol. The molecule has 0 aliphatic rings. The number of aromatic nitrogens is 1. The fourth-order valence-electron chi connectivity index (χ4n) is 2.67. The number of benzene rings is 1. The van der Waals surface area contributed by atoms with E-state index in [1.807, 2.05) is 13.8 Å². The van der Waals surface area contributed by atoms with E-state index in [1.54, 1.807) is 0 Å². The van der Waals surface area contributed by atoms with Crippen LogP contribution in [0.4, 0.5) is 0 Å². The van der Waals surface area contributed by atoms with Crippen molar-refractivity contribution in [3.05, 3.63) is 52.4 Å². The molecule has 0 aliphatic heterocycles. The third-order valence-electron chi connectivity index (χ3n) is 4.09. The van der Waals surface area contributed by atoms with Gasteiger partial charge in [0.2, 0.25) is 0 Å². The molecule has 1 N–H and O–H groups in total. The van der Waals surface area contributed by atoms with Crippen LogP contribution < -0.4 is 5.32 Å². The molecule has 2 aromatic rings. The van der Waals surface area contributed by atoms with E-state index in [-0.39, 0.29) is 0 Å². The molecule has 0 amide bonds. The van der Waals surface area contributed by atoms with Crippen LogP contribution in [0.25, 0.3) is 0 Å². The standard InChI is InChI=1S/C18H26N2O/c1-6-15-7-9-16(10-8-15)18(12(2)3)19-11-17-13(4)20-21-14(17)5/h7-10,12,18-19H,6,11H2,1-5H3. The van der Waals surface area contributed by atoms with Crippen LogP contribution in [0.5, 0.6) is 0 Å². The maximum absolute atomic E-state index is 5.23. The maximum atomic E-state index is 5.23. The summed E-state index contributed by atoms with van der Waals surface area (Å²) in [6.45, 7) is 11.4. The molecule has 0 aliphatic carbocycles. The third kappa shape index (κ3) is 3.73. The molecule has 0 saturated carbocycles. The van der Waals surface area contributed by atoms with Gasteiger partial charge in [-0.3, -0.25) is 0 Å². The highest BCUT2D eigenvalue weighted by atomic mass is 16.5. The number of hydrogen-bond donors (Lipinski definition) is 1. The molecular formula is C18H26N2O. The second kappa shape index (κ2) is 6.90.